The van der Waals surface area contributed by atoms with Crippen LogP contribution in [0.5, 0.6) is 0 Å². The first-order chi connectivity index (χ1) is 13.0. The Morgan fingerprint density at radius 3 is 2.52 bits per heavy atom. The predicted molar refractivity (Wildman–Crippen MR) is 101 cm³/mol. The summed E-state index contributed by atoms with van der Waals surface area (Å²) in [5.74, 6) is -1.17. The van der Waals surface area contributed by atoms with Crippen molar-refractivity contribution < 1.29 is 23.5 Å². The summed E-state index contributed by atoms with van der Waals surface area (Å²) in [6, 6.07) is 13.1. The number of amides is 1. The van der Waals surface area contributed by atoms with Crippen molar-refractivity contribution in [2.24, 2.45) is 0 Å². The van der Waals surface area contributed by atoms with Gasteiger partial charge in [0.2, 0.25) is 0 Å². The van der Waals surface area contributed by atoms with Crippen molar-refractivity contribution in [2.45, 2.75) is 18.2 Å². The summed E-state index contributed by atoms with van der Waals surface area (Å²) < 4.78 is 18.5. The maximum Gasteiger partial charge on any atom is 0.339 e. The molecular formula is C20H20FNO4S. The molecule has 0 unspecified atom stereocenters. The molecule has 7 heteroatoms. The number of carbonyl (C=O) groups is 3. The normalized spacial score (nSPS) is 10.3. The molecule has 0 saturated heterocycles. The van der Waals surface area contributed by atoms with E-state index in [1.807, 2.05) is 0 Å². The maximum atomic E-state index is 13.5. The number of thioether (sulfide) groups is 1. The Kier molecular flexibility index (Phi) is 8.00. The van der Waals surface area contributed by atoms with E-state index in [-0.39, 0.29) is 23.9 Å². The summed E-state index contributed by atoms with van der Waals surface area (Å²) in [4.78, 5) is 35.8. The number of benzene rings is 2. The minimum absolute atomic E-state index is 0.00241. The van der Waals surface area contributed by atoms with E-state index in [2.05, 4.69) is 5.32 Å². The lowest BCUT2D eigenvalue weighted by molar-refractivity contribution is -0.124. The van der Waals surface area contributed by atoms with Gasteiger partial charge in [-0.25, -0.2) is 9.18 Å². The summed E-state index contributed by atoms with van der Waals surface area (Å²) in [5, 5.41) is 2.59. The Bertz CT molecular complexity index is 825. The molecule has 2 rings (SSSR count). The third-order valence-corrected chi connectivity index (χ3v) is 4.76. The van der Waals surface area contributed by atoms with Gasteiger partial charge in [-0.1, -0.05) is 30.3 Å². The number of hydrogen-bond acceptors (Lipinski definition) is 5. The summed E-state index contributed by atoms with van der Waals surface area (Å²) >= 11 is 1.24. The van der Waals surface area contributed by atoms with Gasteiger partial charge in [-0.15, -0.1) is 11.8 Å². The zero-order chi connectivity index (χ0) is 19.6. The fraction of sp³-hybridized carbons (Fsp3) is 0.250. The van der Waals surface area contributed by atoms with Crippen molar-refractivity contribution in [1.82, 2.24) is 5.32 Å². The number of nitrogens with one attached hydrogen (secondary N) is 1. The fourth-order valence-corrected chi connectivity index (χ4v) is 3.08. The Labute approximate surface area is 161 Å². The number of ether oxygens (including phenoxy) is 1. The van der Waals surface area contributed by atoms with Gasteiger partial charge in [-0.05, 0) is 37.1 Å². The molecule has 0 aliphatic rings. The minimum Gasteiger partial charge on any atom is -0.452 e. The Morgan fingerprint density at radius 2 is 1.78 bits per heavy atom. The molecule has 0 radical (unpaired) electrons. The average molecular weight is 389 g/mol. The van der Waals surface area contributed by atoms with Gasteiger partial charge in [0.05, 0.1) is 11.3 Å². The van der Waals surface area contributed by atoms with Gasteiger partial charge in [-0.3, -0.25) is 9.59 Å². The monoisotopic (exact) mass is 389 g/mol. The quantitative estimate of drug-likeness (QED) is 0.527. The highest BCUT2D eigenvalue weighted by Crippen LogP contribution is 2.23. The van der Waals surface area contributed by atoms with E-state index in [4.69, 9.17) is 4.74 Å². The van der Waals surface area contributed by atoms with E-state index in [9.17, 15) is 18.8 Å². The molecule has 1 N–H and O–H groups in total. The van der Waals surface area contributed by atoms with E-state index in [1.54, 1.807) is 42.5 Å². The van der Waals surface area contributed by atoms with Gasteiger partial charge < -0.3 is 10.1 Å². The molecule has 5 nitrogen and oxygen atoms in total. The van der Waals surface area contributed by atoms with Crippen LogP contribution in [0.25, 0.3) is 0 Å². The Balaban J connectivity index is 1.80. The SMILES string of the molecule is CC(=O)CSc1ccccc1C(=O)OCC(=O)NCCc1ccccc1F. The molecule has 1 amide bonds. The zero-order valence-electron chi connectivity index (χ0n) is 14.9. The van der Waals surface area contributed by atoms with E-state index < -0.39 is 18.5 Å². The number of esters is 1. The lowest BCUT2D eigenvalue weighted by Crippen LogP contribution is -2.30. The van der Waals surface area contributed by atoms with Gasteiger partial charge in [0.15, 0.2) is 6.61 Å². The number of Topliss-reactive ketones (excluding diaryl/α,β-unsaturated/α-hetero) is 1. The highest BCUT2D eigenvalue weighted by Gasteiger charge is 2.15. The topological polar surface area (TPSA) is 72.5 Å². The molecule has 2 aromatic rings. The molecule has 0 bridgehead atoms. The zero-order valence-corrected chi connectivity index (χ0v) is 15.7. The van der Waals surface area contributed by atoms with Crippen LogP contribution in [0.3, 0.4) is 0 Å². The lowest BCUT2D eigenvalue weighted by atomic mass is 10.1. The first-order valence-electron chi connectivity index (χ1n) is 8.36. The summed E-state index contributed by atoms with van der Waals surface area (Å²) in [6.45, 7) is 1.28. The molecule has 0 heterocycles. The van der Waals surface area contributed by atoms with Crippen LogP contribution >= 0.6 is 11.8 Å². The number of carbonyl (C=O) groups excluding carboxylic acids is 3. The van der Waals surface area contributed by atoms with E-state index in [1.165, 1.54) is 24.8 Å². The predicted octanol–water partition coefficient (Wildman–Crippen LogP) is 3.02. The average Bonchev–Trinajstić information content (AvgIpc) is 2.66. The first-order valence-corrected chi connectivity index (χ1v) is 9.34. The molecule has 142 valence electrons. The highest BCUT2D eigenvalue weighted by atomic mass is 32.2. The Hall–Kier alpha value is -2.67. The van der Waals surface area contributed by atoms with Crippen LogP contribution < -0.4 is 5.32 Å². The Morgan fingerprint density at radius 1 is 1.07 bits per heavy atom. The van der Waals surface area contributed by atoms with Gasteiger partial charge in [0.1, 0.15) is 11.6 Å². The van der Waals surface area contributed by atoms with E-state index in [0.717, 1.165) is 0 Å². The second-order valence-corrected chi connectivity index (χ2v) is 6.77. The van der Waals surface area contributed by atoms with Crippen molar-refractivity contribution in [1.29, 1.82) is 0 Å². The smallest absolute Gasteiger partial charge is 0.339 e. The van der Waals surface area contributed by atoms with E-state index in [0.29, 0.717) is 22.4 Å². The van der Waals surface area contributed by atoms with Crippen LogP contribution in [0.15, 0.2) is 53.4 Å². The molecule has 0 fully saturated rings. The third kappa shape index (κ3) is 6.86. The van der Waals surface area contributed by atoms with Crippen molar-refractivity contribution >= 4 is 29.4 Å². The maximum absolute atomic E-state index is 13.5. The highest BCUT2D eigenvalue weighted by molar-refractivity contribution is 8.00. The second kappa shape index (κ2) is 10.5. The van der Waals surface area contributed by atoms with Crippen molar-refractivity contribution in [3.63, 3.8) is 0 Å². The summed E-state index contributed by atoms with van der Waals surface area (Å²) in [6.07, 6.45) is 0.344. The van der Waals surface area contributed by atoms with Crippen LogP contribution in [0, 0.1) is 5.82 Å². The minimum atomic E-state index is -0.633. The molecule has 0 spiro atoms. The lowest BCUT2D eigenvalue weighted by Gasteiger charge is -2.09. The molecule has 27 heavy (non-hydrogen) atoms. The summed E-state index contributed by atoms with van der Waals surface area (Å²) in [5.41, 5.74) is 0.814. The molecule has 0 saturated carbocycles. The molecule has 2 aromatic carbocycles. The van der Waals surface area contributed by atoms with Crippen molar-refractivity contribution in [3.05, 3.63) is 65.5 Å². The van der Waals surface area contributed by atoms with Gasteiger partial charge in [0, 0.05) is 11.4 Å². The van der Waals surface area contributed by atoms with Crippen LogP contribution in [0.2, 0.25) is 0 Å². The van der Waals surface area contributed by atoms with Gasteiger partial charge in [-0.2, -0.15) is 0 Å². The van der Waals surface area contributed by atoms with Gasteiger partial charge in [0.25, 0.3) is 5.91 Å². The molecule has 0 atom stereocenters. The van der Waals surface area contributed by atoms with Crippen molar-refractivity contribution in [3.8, 4) is 0 Å². The fourth-order valence-electron chi connectivity index (χ4n) is 2.24. The largest absolute Gasteiger partial charge is 0.452 e. The van der Waals surface area contributed by atoms with Gasteiger partial charge >= 0.3 is 5.97 Å². The molecule has 0 aromatic heterocycles. The number of hydrogen-bond donors (Lipinski definition) is 1. The molecular weight excluding hydrogens is 369 g/mol. The standard InChI is InChI=1S/C20H20FNO4S/c1-14(23)13-27-18-9-5-3-7-16(18)20(25)26-12-19(24)22-11-10-15-6-2-4-8-17(15)21/h2-9H,10-13H2,1H3,(H,22,24). The van der Waals surface area contributed by atoms with Crippen LogP contribution in [0.1, 0.15) is 22.8 Å². The number of ketones is 1. The first kappa shape index (κ1) is 20.6. The van der Waals surface area contributed by atoms with Crippen LogP contribution in [-0.2, 0) is 20.7 Å². The molecule has 0 aliphatic heterocycles. The van der Waals surface area contributed by atoms with E-state index >= 15 is 0 Å². The number of halogens is 1. The van der Waals surface area contributed by atoms with Crippen molar-refractivity contribution in [2.75, 3.05) is 18.9 Å². The van der Waals surface area contributed by atoms with Crippen LogP contribution in [0.4, 0.5) is 4.39 Å². The number of rotatable bonds is 9. The summed E-state index contributed by atoms with van der Waals surface area (Å²) in [7, 11) is 0. The molecule has 0 aliphatic carbocycles. The van der Waals surface area contributed by atoms with Crippen LogP contribution in [-0.4, -0.2) is 36.6 Å². The third-order valence-electron chi connectivity index (χ3n) is 3.55. The second-order valence-electron chi connectivity index (χ2n) is 5.75.